The first kappa shape index (κ1) is 21.0. The Labute approximate surface area is 174 Å². The SMILES string of the molecule is CC=C(CCCC)C(=O)O[PH](c1ccccc1)(c1ccccc1)c1ccccc1. The molecule has 0 fully saturated rings. The van der Waals surface area contributed by atoms with Crippen LogP contribution in [0.3, 0.4) is 0 Å². The van der Waals surface area contributed by atoms with Crippen molar-refractivity contribution in [3.8, 4) is 0 Å². The van der Waals surface area contributed by atoms with Crippen LogP contribution in [0.5, 0.6) is 0 Å². The summed E-state index contributed by atoms with van der Waals surface area (Å²) in [5, 5.41) is 3.20. The van der Waals surface area contributed by atoms with Crippen molar-refractivity contribution >= 4 is 29.4 Å². The Morgan fingerprint density at radius 2 is 1.21 bits per heavy atom. The van der Waals surface area contributed by atoms with Gasteiger partial charge < -0.3 is 0 Å². The molecule has 0 heterocycles. The van der Waals surface area contributed by atoms with Gasteiger partial charge in [-0.25, -0.2) is 0 Å². The summed E-state index contributed by atoms with van der Waals surface area (Å²) in [5.41, 5.74) is 0.756. The van der Waals surface area contributed by atoms with E-state index in [0.29, 0.717) is 0 Å². The van der Waals surface area contributed by atoms with Crippen molar-refractivity contribution in [1.29, 1.82) is 0 Å². The Balaban J connectivity index is 2.19. The van der Waals surface area contributed by atoms with Crippen LogP contribution in [0.1, 0.15) is 33.1 Å². The van der Waals surface area contributed by atoms with Crippen molar-refractivity contribution < 1.29 is 9.32 Å². The second kappa shape index (κ2) is 10.2. The van der Waals surface area contributed by atoms with Gasteiger partial charge in [0.2, 0.25) is 0 Å². The molecule has 0 amide bonds. The van der Waals surface area contributed by atoms with Crippen LogP contribution in [0.4, 0.5) is 0 Å². The zero-order chi connectivity index (χ0) is 20.5. The van der Waals surface area contributed by atoms with E-state index in [1.54, 1.807) is 0 Å². The van der Waals surface area contributed by atoms with Crippen LogP contribution in [0.15, 0.2) is 103 Å². The molecular formula is C26H29O2P. The molecule has 0 aromatic heterocycles. The van der Waals surface area contributed by atoms with Gasteiger partial charge in [-0.3, -0.25) is 0 Å². The third-order valence-corrected chi connectivity index (χ3v) is 9.13. The van der Waals surface area contributed by atoms with Gasteiger partial charge in [0, 0.05) is 0 Å². The molecule has 0 atom stereocenters. The van der Waals surface area contributed by atoms with Crippen LogP contribution in [0.25, 0.3) is 0 Å². The predicted octanol–water partition coefficient (Wildman–Crippen LogP) is 5.31. The van der Waals surface area contributed by atoms with Crippen molar-refractivity contribution in [2.24, 2.45) is 0 Å². The second-order valence-electron chi connectivity index (χ2n) is 7.09. The van der Waals surface area contributed by atoms with E-state index in [1.165, 1.54) is 0 Å². The fraction of sp³-hybridized carbons (Fsp3) is 0.192. The van der Waals surface area contributed by atoms with Crippen molar-refractivity contribution in [2.45, 2.75) is 33.1 Å². The molecule has 0 bridgehead atoms. The minimum absolute atomic E-state index is 0.204. The Morgan fingerprint density at radius 1 is 0.793 bits per heavy atom. The Morgan fingerprint density at radius 3 is 1.55 bits per heavy atom. The number of hydrogen-bond donors (Lipinski definition) is 0. The first-order valence-corrected chi connectivity index (χ1v) is 12.2. The number of carbonyl (C=O) groups excluding carboxylic acids is 1. The van der Waals surface area contributed by atoms with Crippen molar-refractivity contribution in [3.05, 3.63) is 103 Å². The van der Waals surface area contributed by atoms with Crippen LogP contribution >= 0.6 is 7.49 Å². The molecule has 0 saturated heterocycles. The van der Waals surface area contributed by atoms with E-state index >= 15 is 0 Å². The van der Waals surface area contributed by atoms with Gasteiger partial charge in [0.05, 0.1) is 0 Å². The van der Waals surface area contributed by atoms with Crippen LogP contribution < -0.4 is 15.9 Å². The fourth-order valence-electron chi connectivity index (χ4n) is 3.63. The summed E-state index contributed by atoms with van der Waals surface area (Å²) in [4.78, 5) is 13.4. The van der Waals surface area contributed by atoms with Gasteiger partial charge in [-0.2, -0.15) is 0 Å². The van der Waals surface area contributed by atoms with Gasteiger partial charge in [-0.05, 0) is 0 Å². The van der Waals surface area contributed by atoms with Gasteiger partial charge in [-0.15, -0.1) is 0 Å². The Kier molecular flexibility index (Phi) is 7.38. The number of benzene rings is 3. The van der Waals surface area contributed by atoms with Crippen molar-refractivity contribution in [3.63, 3.8) is 0 Å². The summed E-state index contributed by atoms with van der Waals surface area (Å²) < 4.78 is 6.58. The van der Waals surface area contributed by atoms with Crippen LogP contribution in [-0.4, -0.2) is 5.97 Å². The van der Waals surface area contributed by atoms with Crippen molar-refractivity contribution in [1.82, 2.24) is 0 Å². The van der Waals surface area contributed by atoms with Gasteiger partial charge in [0.25, 0.3) is 0 Å². The molecular weight excluding hydrogens is 375 g/mol. The standard InChI is InChI=1S/C26H29O2P/c1-3-5-15-22(4-2)26(27)28-29(23-16-9-6-10-17-23,24-18-11-7-12-19-24)25-20-13-8-14-21-25/h4,6-14,16-21,29H,3,5,15H2,1-2H3. The Bertz CT molecular complexity index is 838. The predicted molar refractivity (Wildman–Crippen MR) is 126 cm³/mol. The van der Waals surface area contributed by atoms with E-state index in [1.807, 2.05) is 67.6 Å². The number of carbonyl (C=O) groups is 1. The molecule has 0 unspecified atom stereocenters. The molecule has 3 rings (SSSR count). The van der Waals surface area contributed by atoms with E-state index in [4.69, 9.17) is 4.52 Å². The van der Waals surface area contributed by atoms with Gasteiger partial charge in [-0.1, -0.05) is 0 Å². The van der Waals surface area contributed by atoms with Crippen molar-refractivity contribution in [2.75, 3.05) is 0 Å². The summed E-state index contributed by atoms with van der Waals surface area (Å²) >= 11 is 0. The molecule has 0 aliphatic carbocycles. The molecule has 3 aromatic carbocycles. The molecule has 2 nitrogen and oxygen atoms in total. The number of allylic oxidation sites excluding steroid dienone is 1. The summed E-state index contributed by atoms with van der Waals surface area (Å²) in [5.74, 6) is -0.204. The van der Waals surface area contributed by atoms with Crippen LogP contribution in [-0.2, 0) is 9.32 Å². The molecule has 0 spiro atoms. The quantitative estimate of drug-likeness (QED) is 0.376. The number of hydrogen-bond acceptors (Lipinski definition) is 2. The van der Waals surface area contributed by atoms with E-state index in [-0.39, 0.29) is 5.97 Å². The molecule has 0 saturated carbocycles. The average Bonchev–Trinajstić information content (AvgIpc) is 2.80. The third-order valence-electron chi connectivity index (χ3n) is 5.20. The molecule has 29 heavy (non-hydrogen) atoms. The third kappa shape index (κ3) is 4.66. The average molecular weight is 404 g/mol. The van der Waals surface area contributed by atoms with E-state index in [9.17, 15) is 4.79 Å². The molecule has 150 valence electrons. The van der Waals surface area contributed by atoms with Gasteiger partial charge >= 0.3 is 174 Å². The zero-order valence-corrected chi connectivity index (χ0v) is 18.2. The van der Waals surface area contributed by atoms with Crippen LogP contribution in [0, 0.1) is 0 Å². The molecule has 3 heteroatoms. The minimum atomic E-state index is -3.00. The zero-order valence-electron chi connectivity index (χ0n) is 17.2. The summed E-state index contributed by atoms with van der Waals surface area (Å²) in [6.07, 6.45) is 4.67. The van der Waals surface area contributed by atoms with E-state index in [0.717, 1.165) is 40.7 Å². The maximum absolute atomic E-state index is 13.4. The first-order chi connectivity index (χ1) is 14.2. The summed E-state index contributed by atoms with van der Waals surface area (Å²) in [6.45, 7) is 4.05. The normalized spacial score (nSPS) is 12.4. The monoisotopic (exact) mass is 404 g/mol. The fourth-order valence-corrected chi connectivity index (χ4v) is 7.38. The molecule has 0 aliphatic heterocycles. The van der Waals surface area contributed by atoms with E-state index < -0.39 is 7.49 Å². The van der Waals surface area contributed by atoms with Gasteiger partial charge in [0.1, 0.15) is 0 Å². The number of rotatable bonds is 8. The summed E-state index contributed by atoms with van der Waals surface area (Å²) in [6, 6.07) is 30.6. The first-order valence-electron chi connectivity index (χ1n) is 10.3. The molecule has 0 aliphatic rings. The second-order valence-corrected chi connectivity index (χ2v) is 10.4. The molecule has 0 N–H and O–H groups in total. The number of unbranched alkanes of at least 4 members (excludes halogenated alkanes) is 1. The molecule has 3 aromatic rings. The summed E-state index contributed by atoms with van der Waals surface area (Å²) in [7, 11) is -3.00. The topological polar surface area (TPSA) is 26.3 Å². The van der Waals surface area contributed by atoms with Crippen LogP contribution in [0.2, 0.25) is 0 Å². The molecule has 0 radical (unpaired) electrons. The maximum atomic E-state index is 13.4. The Hall–Kier alpha value is -2.70. The van der Waals surface area contributed by atoms with Gasteiger partial charge in [0.15, 0.2) is 0 Å². The van der Waals surface area contributed by atoms with E-state index in [2.05, 4.69) is 43.3 Å².